The topological polar surface area (TPSA) is 12.4 Å². The van der Waals surface area contributed by atoms with Crippen LogP contribution in [0.1, 0.15) is 88.0 Å². The van der Waals surface area contributed by atoms with Gasteiger partial charge in [-0.3, -0.25) is 0 Å². The average molecular weight is 324 g/mol. The van der Waals surface area contributed by atoms with Crippen molar-refractivity contribution >= 4 is 6.21 Å². The molecule has 0 aromatic rings. The van der Waals surface area contributed by atoms with Crippen LogP contribution < -0.4 is 0 Å². The van der Waals surface area contributed by atoms with Crippen LogP contribution in [0.2, 0.25) is 0 Å². The third kappa shape index (κ3) is 7.40. The van der Waals surface area contributed by atoms with Gasteiger partial charge in [0.1, 0.15) is 0 Å². The highest BCUT2D eigenvalue weighted by Crippen LogP contribution is 2.41. The van der Waals surface area contributed by atoms with Crippen molar-refractivity contribution < 1.29 is 0 Å². The van der Waals surface area contributed by atoms with Gasteiger partial charge in [-0.15, -0.1) is 0 Å². The quantitative estimate of drug-likeness (QED) is 0.359. The van der Waals surface area contributed by atoms with Gasteiger partial charge in [-0.05, 0) is 48.3 Å². The first-order valence-electron chi connectivity index (χ1n) is 10.0. The van der Waals surface area contributed by atoms with Crippen LogP contribution in [0.5, 0.6) is 0 Å². The van der Waals surface area contributed by atoms with Crippen molar-refractivity contribution in [2.45, 2.75) is 88.0 Å². The summed E-state index contributed by atoms with van der Waals surface area (Å²) in [4.78, 5) is 4.49. The molecule has 0 aromatic heterocycles. The zero-order chi connectivity index (χ0) is 18.2. The lowest BCUT2D eigenvalue weighted by Gasteiger charge is -2.39. The molecule has 0 amide bonds. The number of hydrogen-bond acceptors (Lipinski definition) is 1. The van der Waals surface area contributed by atoms with Crippen molar-refractivity contribution in [3.05, 3.63) is 0 Å². The van der Waals surface area contributed by atoms with E-state index < -0.39 is 0 Å². The Hall–Kier alpha value is -0.330. The molecule has 0 aliphatic heterocycles. The van der Waals surface area contributed by atoms with Gasteiger partial charge in [0.2, 0.25) is 0 Å². The molecule has 23 heavy (non-hydrogen) atoms. The molecular weight excluding hydrogens is 278 g/mol. The van der Waals surface area contributed by atoms with Crippen LogP contribution in [-0.2, 0) is 0 Å². The van der Waals surface area contributed by atoms with Crippen molar-refractivity contribution in [2.24, 2.45) is 45.9 Å². The van der Waals surface area contributed by atoms with E-state index in [9.17, 15) is 0 Å². The highest BCUT2D eigenvalue weighted by atomic mass is 14.7. The fourth-order valence-corrected chi connectivity index (χ4v) is 3.68. The zero-order valence-corrected chi connectivity index (χ0v) is 17.8. The molecule has 0 spiro atoms. The third-order valence-electron chi connectivity index (χ3n) is 6.63. The molecule has 0 aromatic carbocycles. The SMILES string of the molecule is CN=CC(CCCC(C)C(C)C)(CC(C)C(C)C(C)C)C(C)C. The van der Waals surface area contributed by atoms with Crippen molar-refractivity contribution in [3.63, 3.8) is 0 Å². The molecule has 138 valence electrons. The fraction of sp³-hybridized carbons (Fsp3) is 0.955. The molecule has 1 heteroatoms. The van der Waals surface area contributed by atoms with E-state index >= 15 is 0 Å². The van der Waals surface area contributed by atoms with Gasteiger partial charge in [-0.2, -0.15) is 0 Å². The lowest BCUT2D eigenvalue weighted by atomic mass is 9.66. The van der Waals surface area contributed by atoms with Gasteiger partial charge in [0, 0.05) is 18.7 Å². The first-order valence-corrected chi connectivity index (χ1v) is 10.0. The van der Waals surface area contributed by atoms with Crippen LogP contribution in [-0.4, -0.2) is 13.3 Å². The Morgan fingerprint density at radius 2 is 1.39 bits per heavy atom. The van der Waals surface area contributed by atoms with E-state index in [0.29, 0.717) is 5.92 Å². The van der Waals surface area contributed by atoms with Crippen molar-refractivity contribution in [1.29, 1.82) is 0 Å². The fourth-order valence-electron chi connectivity index (χ4n) is 3.68. The predicted molar refractivity (Wildman–Crippen MR) is 107 cm³/mol. The van der Waals surface area contributed by atoms with Crippen LogP contribution >= 0.6 is 0 Å². The maximum absolute atomic E-state index is 4.49. The molecule has 4 atom stereocenters. The second kappa shape index (κ2) is 10.5. The first-order chi connectivity index (χ1) is 10.6. The maximum Gasteiger partial charge on any atom is 0.0273 e. The highest BCUT2D eigenvalue weighted by molar-refractivity contribution is 5.66. The maximum atomic E-state index is 4.49. The van der Waals surface area contributed by atoms with Crippen LogP contribution in [0.25, 0.3) is 0 Å². The van der Waals surface area contributed by atoms with Crippen molar-refractivity contribution in [2.75, 3.05) is 7.05 Å². The van der Waals surface area contributed by atoms with Gasteiger partial charge >= 0.3 is 0 Å². The van der Waals surface area contributed by atoms with E-state index in [0.717, 1.165) is 29.6 Å². The number of aliphatic imine (C=N–C) groups is 1. The smallest absolute Gasteiger partial charge is 0.0273 e. The minimum Gasteiger partial charge on any atom is -0.300 e. The van der Waals surface area contributed by atoms with Crippen molar-refractivity contribution in [3.8, 4) is 0 Å². The van der Waals surface area contributed by atoms with E-state index in [-0.39, 0.29) is 5.41 Å². The summed E-state index contributed by atoms with van der Waals surface area (Å²) < 4.78 is 0. The summed E-state index contributed by atoms with van der Waals surface area (Å²) in [6, 6.07) is 0. The molecule has 0 saturated heterocycles. The van der Waals surface area contributed by atoms with E-state index in [4.69, 9.17) is 0 Å². The molecule has 0 saturated carbocycles. The highest BCUT2D eigenvalue weighted by Gasteiger charge is 2.35. The third-order valence-corrected chi connectivity index (χ3v) is 6.63. The number of hydrogen-bond donors (Lipinski definition) is 0. The Morgan fingerprint density at radius 1 is 0.826 bits per heavy atom. The molecule has 0 bridgehead atoms. The van der Waals surface area contributed by atoms with Crippen LogP contribution in [0.4, 0.5) is 0 Å². The average Bonchev–Trinajstić information content (AvgIpc) is 2.45. The van der Waals surface area contributed by atoms with Crippen LogP contribution in [0, 0.1) is 40.9 Å². The minimum atomic E-state index is 0.272. The zero-order valence-electron chi connectivity index (χ0n) is 17.8. The van der Waals surface area contributed by atoms with E-state index in [2.05, 4.69) is 73.5 Å². The molecule has 0 heterocycles. The largest absolute Gasteiger partial charge is 0.300 e. The molecular formula is C22H45N. The molecule has 1 nitrogen and oxygen atoms in total. The lowest BCUT2D eigenvalue weighted by Crippen LogP contribution is -2.34. The summed E-state index contributed by atoms with van der Waals surface area (Å²) in [6.07, 6.45) is 7.52. The Kier molecular flexibility index (Phi) is 10.4. The number of nitrogens with zero attached hydrogens (tertiary/aromatic N) is 1. The monoisotopic (exact) mass is 323 g/mol. The Bertz CT molecular complexity index is 329. The Labute approximate surface area is 147 Å². The molecule has 0 aliphatic carbocycles. The second-order valence-corrected chi connectivity index (χ2v) is 9.17. The number of rotatable bonds is 11. The van der Waals surface area contributed by atoms with Crippen LogP contribution in [0.3, 0.4) is 0 Å². The standard InChI is InChI=1S/C22H45N/c1-16(2)19(7)12-11-13-22(15-23-10,18(5)6)14-20(8)21(9)17(3)4/h15-21H,11-14H2,1-10H3. The summed E-state index contributed by atoms with van der Waals surface area (Å²) in [5.41, 5.74) is 0.272. The summed E-state index contributed by atoms with van der Waals surface area (Å²) in [5.74, 6) is 4.55. The van der Waals surface area contributed by atoms with Gasteiger partial charge in [0.05, 0.1) is 0 Å². The Morgan fingerprint density at radius 3 is 1.78 bits per heavy atom. The molecule has 0 fully saturated rings. The Balaban J connectivity index is 5.03. The lowest BCUT2D eigenvalue weighted by molar-refractivity contribution is 0.164. The minimum absolute atomic E-state index is 0.272. The van der Waals surface area contributed by atoms with E-state index in [1.54, 1.807) is 0 Å². The second-order valence-electron chi connectivity index (χ2n) is 9.17. The molecule has 0 rings (SSSR count). The van der Waals surface area contributed by atoms with E-state index in [1.807, 2.05) is 7.05 Å². The summed E-state index contributed by atoms with van der Waals surface area (Å²) in [5, 5.41) is 0. The van der Waals surface area contributed by atoms with Crippen LogP contribution in [0.15, 0.2) is 4.99 Å². The summed E-state index contributed by atoms with van der Waals surface area (Å²) in [6.45, 7) is 21.5. The molecule has 0 aliphatic rings. The van der Waals surface area contributed by atoms with Gasteiger partial charge < -0.3 is 4.99 Å². The van der Waals surface area contributed by atoms with E-state index in [1.165, 1.54) is 25.7 Å². The van der Waals surface area contributed by atoms with Gasteiger partial charge in [0.25, 0.3) is 0 Å². The molecule has 0 N–H and O–H groups in total. The van der Waals surface area contributed by atoms with Gasteiger partial charge in [-0.25, -0.2) is 0 Å². The molecule has 0 radical (unpaired) electrons. The normalized spacial score (nSPS) is 19.5. The van der Waals surface area contributed by atoms with Gasteiger partial charge in [0.15, 0.2) is 0 Å². The predicted octanol–water partition coefficient (Wildman–Crippen LogP) is 7.11. The van der Waals surface area contributed by atoms with Crippen molar-refractivity contribution in [1.82, 2.24) is 0 Å². The first kappa shape index (κ1) is 22.7. The molecule has 4 unspecified atom stereocenters. The summed E-state index contributed by atoms with van der Waals surface area (Å²) >= 11 is 0. The van der Waals surface area contributed by atoms with Gasteiger partial charge in [-0.1, -0.05) is 75.2 Å². The summed E-state index contributed by atoms with van der Waals surface area (Å²) in [7, 11) is 1.95.